The number of ether oxygens (including phenoxy) is 1. The van der Waals surface area contributed by atoms with Gasteiger partial charge in [-0.05, 0) is 68.5 Å². The summed E-state index contributed by atoms with van der Waals surface area (Å²) in [5.41, 5.74) is 3.42. The second-order valence-corrected chi connectivity index (χ2v) is 8.33. The first kappa shape index (κ1) is 25.5. The van der Waals surface area contributed by atoms with Crippen LogP contribution in [0, 0.1) is 6.92 Å². The minimum absolute atomic E-state index is 0.558. The molecule has 0 atom stereocenters. The number of anilines is 1. The third-order valence-electron chi connectivity index (χ3n) is 5.45. The van der Waals surface area contributed by atoms with Gasteiger partial charge in [0, 0.05) is 35.8 Å². The van der Waals surface area contributed by atoms with Crippen LogP contribution in [0.2, 0.25) is 0 Å². The minimum Gasteiger partial charge on any atom is -0.497 e. The average molecular weight is 479 g/mol. The first-order valence-corrected chi connectivity index (χ1v) is 11.1. The number of aromatic amines is 1. The van der Waals surface area contributed by atoms with E-state index in [1.165, 1.54) is 16.2 Å². The van der Waals surface area contributed by atoms with Crippen LogP contribution >= 0.6 is 0 Å². The summed E-state index contributed by atoms with van der Waals surface area (Å²) >= 11 is 0. The smallest absolute Gasteiger partial charge is 0.328 e. The molecule has 4 N–H and O–H groups in total. The minimum atomic E-state index is -1.26. The second kappa shape index (κ2) is 11.3. The summed E-state index contributed by atoms with van der Waals surface area (Å²) in [6, 6.07) is 10.5. The van der Waals surface area contributed by atoms with Gasteiger partial charge in [0.15, 0.2) is 0 Å². The Morgan fingerprint density at radius 1 is 1.11 bits per heavy atom. The number of carbonyl (C=O) groups is 2. The van der Waals surface area contributed by atoms with Crippen molar-refractivity contribution in [2.75, 3.05) is 39.6 Å². The van der Waals surface area contributed by atoms with E-state index in [4.69, 9.17) is 19.9 Å². The van der Waals surface area contributed by atoms with Gasteiger partial charge in [-0.2, -0.15) is 0 Å². The Hall–Kier alpha value is -4.11. The van der Waals surface area contributed by atoms with Gasteiger partial charge in [-0.1, -0.05) is 12.1 Å². The molecule has 0 unspecified atom stereocenters. The van der Waals surface area contributed by atoms with Crippen molar-refractivity contribution in [1.82, 2.24) is 14.9 Å². The van der Waals surface area contributed by atoms with E-state index >= 15 is 0 Å². The number of methoxy groups -OCH3 is 1. The number of H-pyrrole nitrogens is 1. The van der Waals surface area contributed by atoms with Crippen LogP contribution in [0.4, 0.5) is 5.82 Å². The predicted octanol–water partition coefficient (Wildman–Crippen LogP) is 4.26. The van der Waals surface area contributed by atoms with Crippen LogP contribution < -0.4 is 10.1 Å². The maximum absolute atomic E-state index is 9.55. The van der Waals surface area contributed by atoms with Crippen molar-refractivity contribution in [3.8, 4) is 5.75 Å². The number of nitrogens with one attached hydrogen (secondary N) is 2. The van der Waals surface area contributed by atoms with Crippen molar-refractivity contribution in [3.05, 3.63) is 54.2 Å². The number of aryl methyl sites for hydroxylation is 1. The standard InChI is InChI=1S/C22H26N4O.C4H4O4/c1-14-13-24-22(23-10-5-11-26(2)3)20-19-17-12-16(27-4)8-6-15(17)7-9-18(19)25-21(14)20;5-3(6)1-2-4(7)8/h6-9,12-13,25H,5,10-11H2,1-4H3,(H,23,24);1-2H,(H,5,6)(H,7,8)/b;2-1-. The van der Waals surface area contributed by atoms with Gasteiger partial charge in [0.05, 0.1) is 18.0 Å². The van der Waals surface area contributed by atoms with Gasteiger partial charge in [0.2, 0.25) is 0 Å². The summed E-state index contributed by atoms with van der Waals surface area (Å²) in [5.74, 6) is -0.707. The monoisotopic (exact) mass is 478 g/mol. The SMILES string of the molecule is COc1ccc2ccc3[nH]c4c(C)cnc(NCCCN(C)C)c4c3c2c1.O=C(O)/C=C\C(=O)O. The van der Waals surface area contributed by atoms with E-state index in [2.05, 4.69) is 60.5 Å². The Kier molecular flexibility index (Phi) is 8.27. The molecule has 0 saturated carbocycles. The highest BCUT2D eigenvalue weighted by Crippen LogP contribution is 2.37. The van der Waals surface area contributed by atoms with Crippen molar-refractivity contribution in [3.63, 3.8) is 0 Å². The first-order valence-electron chi connectivity index (χ1n) is 11.1. The molecule has 0 aliphatic carbocycles. The average Bonchev–Trinajstić information content (AvgIpc) is 3.23. The number of nitrogens with zero attached hydrogens (tertiary/aromatic N) is 2. The molecule has 9 nitrogen and oxygen atoms in total. The number of hydrogen-bond acceptors (Lipinski definition) is 6. The maximum atomic E-state index is 9.55. The van der Waals surface area contributed by atoms with Crippen LogP contribution in [-0.4, -0.2) is 71.3 Å². The molecule has 0 aliphatic rings. The van der Waals surface area contributed by atoms with Crippen LogP contribution in [-0.2, 0) is 9.59 Å². The molecular weight excluding hydrogens is 448 g/mol. The number of benzene rings is 2. The molecule has 2 heterocycles. The van der Waals surface area contributed by atoms with Crippen molar-refractivity contribution >= 4 is 50.3 Å². The number of rotatable bonds is 8. The molecular formula is C26H30N4O5. The molecule has 9 heteroatoms. The summed E-state index contributed by atoms with van der Waals surface area (Å²) in [5, 5.41) is 23.9. The fraction of sp³-hybridized carbons (Fsp3) is 0.269. The van der Waals surface area contributed by atoms with E-state index in [9.17, 15) is 9.59 Å². The highest BCUT2D eigenvalue weighted by molar-refractivity contribution is 6.23. The highest BCUT2D eigenvalue weighted by atomic mass is 16.5. The normalized spacial score (nSPS) is 11.2. The zero-order chi connectivity index (χ0) is 25.5. The van der Waals surface area contributed by atoms with E-state index < -0.39 is 11.9 Å². The number of pyridine rings is 1. The van der Waals surface area contributed by atoms with Gasteiger partial charge in [-0.25, -0.2) is 14.6 Å². The Bertz CT molecular complexity index is 1380. The predicted molar refractivity (Wildman–Crippen MR) is 138 cm³/mol. The highest BCUT2D eigenvalue weighted by Gasteiger charge is 2.15. The number of carboxylic acid groups (broad SMARTS) is 2. The Balaban J connectivity index is 0.000000371. The maximum Gasteiger partial charge on any atom is 0.328 e. The lowest BCUT2D eigenvalue weighted by atomic mass is 10.0. The van der Waals surface area contributed by atoms with Gasteiger partial charge in [0.1, 0.15) is 11.6 Å². The molecule has 0 fully saturated rings. The zero-order valence-corrected chi connectivity index (χ0v) is 20.3. The van der Waals surface area contributed by atoms with Crippen LogP contribution in [0.1, 0.15) is 12.0 Å². The fourth-order valence-electron chi connectivity index (χ4n) is 3.82. The van der Waals surface area contributed by atoms with Gasteiger partial charge < -0.3 is 30.2 Å². The van der Waals surface area contributed by atoms with Crippen molar-refractivity contribution < 1.29 is 24.5 Å². The molecule has 184 valence electrons. The van der Waals surface area contributed by atoms with Crippen LogP contribution in [0.15, 0.2) is 48.7 Å². The summed E-state index contributed by atoms with van der Waals surface area (Å²) in [6.45, 7) is 4.05. The number of hydrogen-bond donors (Lipinski definition) is 4. The van der Waals surface area contributed by atoms with Gasteiger partial charge in [-0.15, -0.1) is 0 Å². The molecule has 0 radical (unpaired) electrons. The number of fused-ring (bicyclic) bond motifs is 5. The van der Waals surface area contributed by atoms with Gasteiger partial charge in [-0.3, -0.25) is 0 Å². The molecule has 4 aromatic rings. The van der Waals surface area contributed by atoms with E-state index in [0.717, 1.165) is 53.1 Å². The molecule has 2 aromatic heterocycles. The van der Waals surface area contributed by atoms with E-state index in [1.54, 1.807) is 7.11 Å². The quantitative estimate of drug-likeness (QED) is 0.218. The van der Waals surface area contributed by atoms with Crippen LogP contribution in [0.3, 0.4) is 0 Å². The van der Waals surface area contributed by atoms with E-state index in [0.29, 0.717) is 12.2 Å². The molecule has 0 amide bonds. The first-order chi connectivity index (χ1) is 16.7. The molecule has 0 spiro atoms. The third-order valence-corrected chi connectivity index (χ3v) is 5.45. The van der Waals surface area contributed by atoms with Crippen molar-refractivity contribution in [2.24, 2.45) is 0 Å². The number of aliphatic carboxylic acids is 2. The summed E-state index contributed by atoms with van der Waals surface area (Å²) in [7, 11) is 5.91. The molecule has 0 saturated heterocycles. The van der Waals surface area contributed by atoms with Gasteiger partial charge >= 0.3 is 11.9 Å². The largest absolute Gasteiger partial charge is 0.497 e. The van der Waals surface area contributed by atoms with Crippen LogP contribution in [0.5, 0.6) is 5.75 Å². The topological polar surface area (TPSA) is 128 Å². The van der Waals surface area contributed by atoms with E-state index in [1.807, 2.05) is 12.3 Å². The van der Waals surface area contributed by atoms with Crippen molar-refractivity contribution in [1.29, 1.82) is 0 Å². The Morgan fingerprint density at radius 2 is 1.80 bits per heavy atom. The Morgan fingerprint density at radius 3 is 2.43 bits per heavy atom. The summed E-state index contributed by atoms with van der Waals surface area (Å²) in [6.07, 6.45) is 4.13. The molecule has 0 aliphatic heterocycles. The van der Waals surface area contributed by atoms with Crippen molar-refractivity contribution in [2.45, 2.75) is 13.3 Å². The lowest BCUT2D eigenvalue weighted by Crippen LogP contribution is -2.16. The lowest BCUT2D eigenvalue weighted by molar-refractivity contribution is -0.134. The lowest BCUT2D eigenvalue weighted by Gasteiger charge is -2.12. The molecule has 2 aromatic carbocycles. The summed E-state index contributed by atoms with van der Waals surface area (Å²) < 4.78 is 5.47. The summed E-state index contributed by atoms with van der Waals surface area (Å²) in [4.78, 5) is 29.6. The fourth-order valence-corrected chi connectivity index (χ4v) is 3.82. The zero-order valence-electron chi connectivity index (χ0n) is 20.3. The number of aromatic nitrogens is 2. The molecule has 4 rings (SSSR count). The second-order valence-electron chi connectivity index (χ2n) is 8.33. The van der Waals surface area contributed by atoms with Crippen LogP contribution in [0.25, 0.3) is 32.6 Å². The Labute approximate surface area is 203 Å². The van der Waals surface area contributed by atoms with E-state index in [-0.39, 0.29) is 0 Å². The molecule has 35 heavy (non-hydrogen) atoms. The third kappa shape index (κ3) is 6.27. The number of carboxylic acids is 2. The molecule has 0 bridgehead atoms. The van der Waals surface area contributed by atoms with Gasteiger partial charge in [0.25, 0.3) is 0 Å².